The van der Waals surface area contributed by atoms with Crippen molar-refractivity contribution in [3.8, 4) is 17.2 Å². The van der Waals surface area contributed by atoms with Crippen LogP contribution in [0.4, 0.5) is 0 Å². The minimum atomic E-state index is -3.74. The Hall–Kier alpha value is -1.96. The highest BCUT2D eigenvalue weighted by molar-refractivity contribution is 7.89. The van der Waals surface area contributed by atoms with Crippen molar-refractivity contribution in [2.75, 3.05) is 27.4 Å². The largest absolute Gasteiger partial charge is 0.497 e. The van der Waals surface area contributed by atoms with Gasteiger partial charge >= 0.3 is 0 Å². The molecule has 1 N–H and O–H groups in total. The van der Waals surface area contributed by atoms with E-state index in [0.717, 1.165) is 11.1 Å². The van der Waals surface area contributed by atoms with Crippen molar-refractivity contribution in [1.82, 2.24) is 4.72 Å². The maximum atomic E-state index is 12.5. The molecule has 0 radical (unpaired) electrons. The first-order valence-corrected chi connectivity index (χ1v) is 9.76. The highest BCUT2D eigenvalue weighted by Gasteiger charge is 2.19. The number of hydrogen-bond donors (Lipinski definition) is 1. The summed E-state index contributed by atoms with van der Waals surface area (Å²) in [6.45, 7) is 4.07. The lowest BCUT2D eigenvalue weighted by Gasteiger charge is -2.13. The molecule has 0 aliphatic rings. The van der Waals surface area contributed by atoms with Gasteiger partial charge in [0.2, 0.25) is 10.0 Å². The number of benzene rings is 2. The second-order valence-corrected chi connectivity index (χ2v) is 7.75. The van der Waals surface area contributed by atoms with Gasteiger partial charge in [-0.1, -0.05) is 11.6 Å². The summed E-state index contributed by atoms with van der Waals surface area (Å²) in [5, 5.41) is 0.699. The zero-order chi connectivity index (χ0) is 19.3. The van der Waals surface area contributed by atoms with Gasteiger partial charge in [0.15, 0.2) is 0 Å². The number of halogens is 1. The van der Waals surface area contributed by atoms with Gasteiger partial charge in [0.05, 0.1) is 14.2 Å². The van der Waals surface area contributed by atoms with Crippen LogP contribution in [0.1, 0.15) is 11.1 Å². The molecule has 0 amide bonds. The fraction of sp³-hybridized carbons (Fsp3) is 0.333. The molecule has 0 bridgehead atoms. The minimum Gasteiger partial charge on any atom is -0.497 e. The minimum absolute atomic E-state index is 0.0407. The van der Waals surface area contributed by atoms with Crippen LogP contribution in [-0.2, 0) is 10.0 Å². The van der Waals surface area contributed by atoms with E-state index in [-0.39, 0.29) is 23.8 Å². The van der Waals surface area contributed by atoms with Crippen LogP contribution in [0.25, 0.3) is 0 Å². The van der Waals surface area contributed by atoms with E-state index >= 15 is 0 Å². The van der Waals surface area contributed by atoms with Crippen LogP contribution in [0.15, 0.2) is 35.2 Å². The van der Waals surface area contributed by atoms with Gasteiger partial charge in [-0.25, -0.2) is 13.1 Å². The number of hydrogen-bond acceptors (Lipinski definition) is 5. The number of rotatable bonds is 8. The average Bonchev–Trinajstić information content (AvgIpc) is 2.62. The Labute approximate surface area is 159 Å². The van der Waals surface area contributed by atoms with Gasteiger partial charge in [-0.15, -0.1) is 0 Å². The van der Waals surface area contributed by atoms with Gasteiger partial charge in [0.1, 0.15) is 28.8 Å². The van der Waals surface area contributed by atoms with Gasteiger partial charge in [0.25, 0.3) is 0 Å². The van der Waals surface area contributed by atoms with Crippen molar-refractivity contribution in [1.29, 1.82) is 0 Å². The van der Waals surface area contributed by atoms with Gasteiger partial charge < -0.3 is 14.2 Å². The zero-order valence-corrected chi connectivity index (χ0v) is 16.7. The molecular weight excluding hydrogens is 378 g/mol. The molecule has 2 rings (SSSR count). The zero-order valence-electron chi connectivity index (χ0n) is 15.1. The number of sulfonamides is 1. The number of methoxy groups -OCH3 is 2. The summed E-state index contributed by atoms with van der Waals surface area (Å²) < 4.78 is 43.3. The van der Waals surface area contributed by atoms with Crippen molar-refractivity contribution in [3.05, 3.63) is 46.5 Å². The Morgan fingerprint density at radius 2 is 1.65 bits per heavy atom. The quantitative estimate of drug-likeness (QED) is 0.689. The van der Waals surface area contributed by atoms with Crippen LogP contribution in [-0.4, -0.2) is 35.8 Å². The normalized spacial score (nSPS) is 11.3. The SMILES string of the molecule is COc1ccc(S(=O)(=O)NCCOc2cc(C)c(Cl)c(C)c2)c(OC)c1. The maximum Gasteiger partial charge on any atom is 0.244 e. The third-order valence-electron chi connectivity index (χ3n) is 3.73. The first-order chi connectivity index (χ1) is 12.3. The molecule has 0 unspecified atom stereocenters. The van der Waals surface area contributed by atoms with E-state index in [1.807, 2.05) is 26.0 Å². The van der Waals surface area contributed by atoms with Crippen molar-refractivity contribution >= 4 is 21.6 Å². The molecule has 0 heterocycles. The van der Waals surface area contributed by atoms with Crippen LogP contribution >= 0.6 is 11.6 Å². The van der Waals surface area contributed by atoms with E-state index in [4.69, 9.17) is 25.8 Å². The van der Waals surface area contributed by atoms with Crippen molar-refractivity contribution < 1.29 is 22.6 Å². The van der Waals surface area contributed by atoms with Gasteiger partial charge in [-0.2, -0.15) is 0 Å². The highest BCUT2D eigenvalue weighted by Crippen LogP contribution is 2.28. The third kappa shape index (κ3) is 4.81. The van der Waals surface area contributed by atoms with Crippen LogP contribution in [0.5, 0.6) is 17.2 Å². The Balaban J connectivity index is 2.01. The van der Waals surface area contributed by atoms with Crippen LogP contribution in [0.3, 0.4) is 0 Å². The third-order valence-corrected chi connectivity index (χ3v) is 5.83. The summed E-state index contributed by atoms with van der Waals surface area (Å²) >= 11 is 6.12. The van der Waals surface area contributed by atoms with E-state index in [1.165, 1.54) is 26.4 Å². The molecule has 26 heavy (non-hydrogen) atoms. The molecule has 0 atom stereocenters. The molecule has 2 aromatic rings. The fourth-order valence-electron chi connectivity index (χ4n) is 2.41. The van der Waals surface area contributed by atoms with E-state index in [2.05, 4.69) is 4.72 Å². The van der Waals surface area contributed by atoms with E-state index < -0.39 is 10.0 Å². The Kier molecular flexibility index (Phi) is 6.75. The average molecular weight is 400 g/mol. The lowest BCUT2D eigenvalue weighted by atomic mass is 10.1. The fourth-order valence-corrected chi connectivity index (χ4v) is 3.68. The first-order valence-electron chi connectivity index (χ1n) is 7.89. The van der Waals surface area contributed by atoms with E-state index in [1.54, 1.807) is 6.07 Å². The van der Waals surface area contributed by atoms with Crippen molar-refractivity contribution in [3.63, 3.8) is 0 Å². The van der Waals surface area contributed by atoms with Gasteiger partial charge in [-0.3, -0.25) is 0 Å². The molecule has 0 aliphatic heterocycles. The number of aryl methyl sites for hydroxylation is 2. The molecule has 8 heteroatoms. The number of nitrogens with one attached hydrogen (secondary N) is 1. The Bertz CT molecular complexity index is 860. The lowest BCUT2D eigenvalue weighted by Crippen LogP contribution is -2.28. The standard InChI is InChI=1S/C18H22ClNO5S/c1-12-9-15(10-13(2)18(12)19)25-8-7-20-26(21,22)17-6-5-14(23-3)11-16(17)24-4/h5-6,9-11,20H,7-8H2,1-4H3. The van der Waals surface area contributed by atoms with E-state index in [9.17, 15) is 8.42 Å². The summed E-state index contributed by atoms with van der Waals surface area (Å²) in [6.07, 6.45) is 0. The van der Waals surface area contributed by atoms with Gasteiger partial charge in [0, 0.05) is 17.6 Å². The Morgan fingerprint density at radius 1 is 1.00 bits per heavy atom. The molecule has 0 aromatic heterocycles. The summed E-state index contributed by atoms with van der Waals surface area (Å²) in [4.78, 5) is 0.0407. The monoisotopic (exact) mass is 399 g/mol. The smallest absolute Gasteiger partial charge is 0.244 e. The molecule has 0 spiro atoms. The molecule has 142 valence electrons. The molecular formula is C18H22ClNO5S. The van der Waals surface area contributed by atoms with Crippen LogP contribution < -0.4 is 18.9 Å². The van der Waals surface area contributed by atoms with Crippen molar-refractivity contribution in [2.45, 2.75) is 18.7 Å². The Morgan fingerprint density at radius 3 is 2.23 bits per heavy atom. The highest BCUT2D eigenvalue weighted by atomic mass is 35.5. The summed E-state index contributed by atoms with van der Waals surface area (Å²) in [7, 11) is -0.834. The molecule has 0 aliphatic carbocycles. The second-order valence-electron chi connectivity index (χ2n) is 5.63. The predicted molar refractivity (Wildman–Crippen MR) is 101 cm³/mol. The molecule has 0 saturated heterocycles. The summed E-state index contributed by atoms with van der Waals surface area (Å²) in [5.41, 5.74) is 1.82. The van der Waals surface area contributed by atoms with Crippen LogP contribution in [0.2, 0.25) is 5.02 Å². The van der Waals surface area contributed by atoms with Crippen molar-refractivity contribution in [2.24, 2.45) is 0 Å². The topological polar surface area (TPSA) is 73.9 Å². The molecule has 2 aromatic carbocycles. The first kappa shape index (κ1) is 20.4. The number of ether oxygens (including phenoxy) is 3. The molecule has 0 saturated carbocycles. The van der Waals surface area contributed by atoms with E-state index in [0.29, 0.717) is 16.5 Å². The second kappa shape index (κ2) is 8.62. The molecule has 0 fully saturated rings. The predicted octanol–water partition coefficient (Wildman–Crippen LogP) is 3.33. The maximum absolute atomic E-state index is 12.5. The lowest BCUT2D eigenvalue weighted by molar-refractivity contribution is 0.322. The van der Waals surface area contributed by atoms with Crippen LogP contribution in [0, 0.1) is 13.8 Å². The molecule has 6 nitrogen and oxygen atoms in total. The van der Waals surface area contributed by atoms with Gasteiger partial charge in [-0.05, 0) is 49.2 Å². The summed E-state index contributed by atoms with van der Waals surface area (Å²) in [6, 6.07) is 8.15. The summed E-state index contributed by atoms with van der Waals surface area (Å²) in [5.74, 6) is 1.37.